The van der Waals surface area contributed by atoms with Crippen LogP contribution in [0.2, 0.25) is 5.02 Å². The van der Waals surface area contributed by atoms with E-state index in [1.807, 2.05) is 11.7 Å². The van der Waals surface area contributed by atoms with Crippen molar-refractivity contribution >= 4 is 23.1 Å². The Hall–Kier alpha value is -1.79. The number of aromatic nitrogens is 3. The molecule has 0 aromatic carbocycles. The second-order valence-electron chi connectivity index (χ2n) is 8.20. The van der Waals surface area contributed by atoms with Gasteiger partial charge in [-0.15, -0.1) is 0 Å². The molecule has 1 N–H and O–H groups in total. The van der Waals surface area contributed by atoms with Gasteiger partial charge in [-0.25, -0.2) is 4.98 Å². The first-order chi connectivity index (χ1) is 13.1. The lowest BCUT2D eigenvalue weighted by molar-refractivity contribution is 0.109. The third-order valence-corrected chi connectivity index (χ3v) is 6.84. The Bertz CT molecular complexity index is 860. The van der Waals surface area contributed by atoms with Crippen LogP contribution in [-0.4, -0.2) is 34.5 Å². The van der Waals surface area contributed by atoms with Gasteiger partial charge in [-0.05, 0) is 24.7 Å². The number of hydrogen-bond acceptors (Lipinski definition) is 5. The van der Waals surface area contributed by atoms with E-state index in [1.165, 1.54) is 31.2 Å². The summed E-state index contributed by atoms with van der Waals surface area (Å²) in [5.41, 5.74) is 5.20. The Morgan fingerprint density at radius 3 is 3.00 bits per heavy atom. The Balaban J connectivity index is 1.32. The van der Waals surface area contributed by atoms with Crippen LogP contribution in [0.3, 0.4) is 0 Å². The molecule has 2 aliphatic heterocycles. The highest BCUT2D eigenvalue weighted by molar-refractivity contribution is 6.33. The van der Waals surface area contributed by atoms with Gasteiger partial charge in [-0.1, -0.05) is 18.0 Å². The van der Waals surface area contributed by atoms with E-state index in [2.05, 4.69) is 26.4 Å². The summed E-state index contributed by atoms with van der Waals surface area (Å²) in [7, 11) is 2.00. The quantitative estimate of drug-likeness (QED) is 0.869. The summed E-state index contributed by atoms with van der Waals surface area (Å²) < 4.78 is 7.58. The lowest BCUT2D eigenvalue weighted by atomic mass is 9.68. The fraction of sp³-hybridized carbons (Fsp3) is 0.600. The van der Waals surface area contributed by atoms with Crippen molar-refractivity contribution in [3.63, 3.8) is 0 Å². The molecule has 7 heteroatoms. The molecule has 2 aromatic rings. The van der Waals surface area contributed by atoms with E-state index >= 15 is 0 Å². The van der Waals surface area contributed by atoms with Crippen LogP contribution in [0.25, 0.3) is 0 Å². The van der Waals surface area contributed by atoms with Crippen LogP contribution in [0.1, 0.15) is 42.6 Å². The van der Waals surface area contributed by atoms with Crippen LogP contribution in [-0.2, 0) is 31.4 Å². The molecule has 2 fully saturated rings. The van der Waals surface area contributed by atoms with Crippen LogP contribution in [0, 0.1) is 5.41 Å². The third-order valence-electron chi connectivity index (χ3n) is 6.55. The van der Waals surface area contributed by atoms with E-state index in [4.69, 9.17) is 16.3 Å². The van der Waals surface area contributed by atoms with Crippen LogP contribution < -0.4 is 10.2 Å². The number of rotatable bonds is 4. The molecule has 27 heavy (non-hydrogen) atoms. The van der Waals surface area contributed by atoms with Gasteiger partial charge in [-0.2, -0.15) is 5.10 Å². The van der Waals surface area contributed by atoms with Gasteiger partial charge >= 0.3 is 0 Å². The van der Waals surface area contributed by atoms with Gasteiger partial charge in [0.05, 0.1) is 41.9 Å². The standard InChI is InChI=1S/C20H26ClN5O/c1-25-18(14-12-27-8-3-16(14)24-25)11-23-19-9-17(15(21)10-22-19)26-7-6-20(13-26)4-2-5-20/h9-10H,2-8,11-13H2,1H3,(H,22,23). The van der Waals surface area contributed by atoms with E-state index in [9.17, 15) is 0 Å². The molecular formula is C20H26ClN5O. The fourth-order valence-electron chi connectivity index (χ4n) is 4.76. The Kier molecular flexibility index (Phi) is 4.28. The summed E-state index contributed by atoms with van der Waals surface area (Å²) in [6.07, 6.45) is 8.06. The van der Waals surface area contributed by atoms with Gasteiger partial charge in [0.2, 0.25) is 0 Å². The van der Waals surface area contributed by atoms with Crippen molar-refractivity contribution < 1.29 is 4.74 Å². The molecule has 1 saturated heterocycles. The monoisotopic (exact) mass is 387 g/mol. The van der Waals surface area contributed by atoms with E-state index in [-0.39, 0.29) is 0 Å². The summed E-state index contributed by atoms with van der Waals surface area (Å²) in [6.45, 7) is 4.31. The summed E-state index contributed by atoms with van der Waals surface area (Å²) in [4.78, 5) is 6.93. The van der Waals surface area contributed by atoms with Crippen LogP contribution in [0.15, 0.2) is 12.3 Å². The normalized spacial score (nSPS) is 20.6. The van der Waals surface area contributed by atoms with Crippen molar-refractivity contribution in [1.82, 2.24) is 14.8 Å². The van der Waals surface area contributed by atoms with Crippen LogP contribution >= 0.6 is 11.6 Å². The number of anilines is 2. The molecular weight excluding hydrogens is 362 g/mol. The number of pyridine rings is 1. The molecule has 0 unspecified atom stereocenters. The Morgan fingerprint density at radius 1 is 1.33 bits per heavy atom. The molecule has 4 heterocycles. The van der Waals surface area contributed by atoms with Gasteiger partial charge in [0, 0.05) is 44.4 Å². The SMILES string of the molecule is Cn1nc2c(c1CNc1cc(N3CCC4(CCC4)C3)c(Cl)cn1)COCC2. The number of nitrogens with one attached hydrogen (secondary N) is 1. The number of nitrogens with zero attached hydrogens (tertiary/aromatic N) is 4. The first-order valence-corrected chi connectivity index (χ1v) is 10.3. The molecule has 0 amide bonds. The second kappa shape index (κ2) is 6.67. The zero-order valence-electron chi connectivity index (χ0n) is 15.8. The van der Waals surface area contributed by atoms with Crippen molar-refractivity contribution in [3.05, 3.63) is 34.2 Å². The zero-order valence-corrected chi connectivity index (χ0v) is 16.6. The van der Waals surface area contributed by atoms with E-state index < -0.39 is 0 Å². The molecule has 2 aromatic heterocycles. The minimum absolute atomic E-state index is 0.550. The smallest absolute Gasteiger partial charge is 0.128 e. The van der Waals surface area contributed by atoms with Crippen molar-refractivity contribution in [2.24, 2.45) is 12.5 Å². The summed E-state index contributed by atoms with van der Waals surface area (Å²) in [5, 5.41) is 8.84. The number of fused-ring (bicyclic) bond motifs is 1. The number of aryl methyl sites for hydroxylation is 1. The first-order valence-electron chi connectivity index (χ1n) is 9.89. The zero-order chi connectivity index (χ0) is 18.4. The maximum atomic E-state index is 6.49. The molecule has 0 radical (unpaired) electrons. The predicted octanol–water partition coefficient (Wildman–Crippen LogP) is 3.53. The average molecular weight is 388 g/mol. The lowest BCUT2D eigenvalue weighted by Gasteiger charge is -2.38. The first kappa shape index (κ1) is 17.3. The average Bonchev–Trinajstić information content (AvgIpc) is 3.22. The maximum absolute atomic E-state index is 6.49. The van der Waals surface area contributed by atoms with Crippen LogP contribution in [0.4, 0.5) is 11.5 Å². The van der Waals surface area contributed by atoms with Gasteiger partial charge in [-0.3, -0.25) is 4.68 Å². The Labute approximate surface area is 164 Å². The van der Waals surface area contributed by atoms with Crippen molar-refractivity contribution in [2.75, 3.05) is 29.9 Å². The van der Waals surface area contributed by atoms with Crippen molar-refractivity contribution in [2.45, 2.75) is 45.3 Å². The Morgan fingerprint density at radius 2 is 2.22 bits per heavy atom. The molecule has 3 aliphatic rings. The minimum Gasteiger partial charge on any atom is -0.376 e. The van der Waals surface area contributed by atoms with E-state index in [0.29, 0.717) is 18.6 Å². The second-order valence-corrected chi connectivity index (χ2v) is 8.60. The molecule has 6 nitrogen and oxygen atoms in total. The molecule has 144 valence electrons. The molecule has 0 atom stereocenters. The molecule has 1 aliphatic carbocycles. The fourth-order valence-corrected chi connectivity index (χ4v) is 4.99. The molecule has 1 saturated carbocycles. The van der Waals surface area contributed by atoms with Gasteiger partial charge < -0.3 is 15.0 Å². The largest absolute Gasteiger partial charge is 0.376 e. The summed E-state index contributed by atoms with van der Waals surface area (Å²) in [6, 6.07) is 2.10. The third kappa shape index (κ3) is 3.09. The van der Waals surface area contributed by atoms with Gasteiger partial charge in [0.1, 0.15) is 5.82 Å². The highest BCUT2D eigenvalue weighted by atomic mass is 35.5. The number of hydrogen-bond donors (Lipinski definition) is 1. The highest BCUT2D eigenvalue weighted by Gasteiger charge is 2.43. The molecule has 5 rings (SSSR count). The highest BCUT2D eigenvalue weighted by Crippen LogP contribution is 2.49. The van der Waals surface area contributed by atoms with E-state index in [0.717, 1.165) is 54.0 Å². The predicted molar refractivity (Wildman–Crippen MR) is 106 cm³/mol. The van der Waals surface area contributed by atoms with Crippen molar-refractivity contribution in [1.29, 1.82) is 0 Å². The van der Waals surface area contributed by atoms with Crippen LogP contribution in [0.5, 0.6) is 0 Å². The maximum Gasteiger partial charge on any atom is 0.128 e. The molecule has 1 spiro atoms. The van der Waals surface area contributed by atoms with Crippen molar-refractivity contribution in [3.8, 4) is 0 Å². The van der Waals surface area contributed by atoms with Gasteiger partial charge in [0.25, 0.3) is 0 Å². The summed E-state index contributed by atoms with van der Waals surface area (Å²) in [5.74, 6) is 0.857. The number of ether oxygens (including phenoxy) is 1. The minimum atomic E-state index is 0.550. The van der Waals surface area contributed by atoms with Gasteiger partial charge in [0.15, 0.2) is 0 Å². The molecule has 0 bridgehead atoms. The summed E-state index contributed by atoms with van der Waals surface area (Å²) >= 11 is 6.49. The van der Waals surface area contributed by atoms with E-state index in [1.54, 1.807) is 6.20 Å². The lowest BCUT2D eigenvalue weighted by Crippen LogP contribution is -2.33. The topological polar surface area (TPSA) is 55.2 Å². The number of halogens is 1.